The minimum Gasteiger partial charge on any atom is -0.418 e. The molecule has 0 radical (unpaired) electrons. The molecular formula is C12H21F2NO2. The molecular weight excluding hydrogens is 228 g/mol. The molecule has 1 saturated heterocycles. The van der Waals surface area contributed by atoms with E-state index in [2.05, 4.69) is 14.8 Å². The first-order valence-corrected chi connectivity index (χ1v) is 6.06. The van der Waals surface area contributed by atoms with Gasteiger partial charge in [0.15, 0.2) is 0 Å². The maximum Gasteiger partial charge on any atom is 0.534 e. The van der Waals surface area contributed by atoms with E-state index in [0.29, 0.717) is 24.8 Å². The highest BCUT2D eigenvalue weighted by molar-refractivity contribution is 4.88. The fourth-order valence-corrected chi connectivity index (χ4v) is 1.69. The van der Waals surface area contributed by atoms with Crippen molar-refractivity contribution >= 4 is 0 Å². The van der Waals surface area contributed by atoms with Gasteiger partial charge in [0.2, 0.25) is 0 Å². The third-order valence-corrected chi connectivity index (χ3v) is 2.71. The number of hydrogen-bond donors (Lipinski definition) is 1. The van der Waals surface area contributed by atoms with Gasteiger partial charge in [-0.2, -0.15) is 0 Å². The average molecular weight is 249 g/mol. The van der Waals surface area contributed by atoms with Crippen molar-refractivity contribution in [3.63, 3.8) is 0 Å². The Kier molecular flexibility index (Phi) is 5.33. The molecule has 0 spiro atoms. The Bertz CT molecular complexity index is 255. The summed E-state index contributed by atoms with van der Waals surface area (Å²) in [7, 11) is 0. The monoisotopic (exact) mass is 249 g/mol. The van der Waals surface area contributed by atoms with Crippen molar-refractivity contribution in [1.82, 2.24) is 5.32 Å². The van der Waals surface area contributed by atoms with Crippen LogP contribution >= 0.6 is 0 Å². The van der Waals surface area contributed by atoms with Gasteiger partial charge in [0.05, 0.1) is 12.4 Å². The predicted molar refractivity (Wildman–Crippen MR) is 61.6 cm³/mol. The van der Waals surface area contributed by atoms with Crippen molar-refractivity contribution in [2.45, 2.75) is 52.1 Å². The molecule has 0 aliphatic carbocycles. The normalized spacial score (nSPS) is 23.7. The second kappa shape index (κ2) is 6.31. The first kappa shape index (κ1) is 14.4. The number of hydrogen-bond acceptors (Lipinski definition) is 3. The van der Waals surface area contributed by atoms with Gasteiger partial charge < -0.3 is 10.1 Å². The summed E-state index contributed by atoms with van der Waals surface area (Å²) in [5.41, 5.74) is 0. The van der Waals surface area contributed by atoms with Crippen molar-refractivity contribution < 1.29 is 18.3 Å². The molecule has 0 bridgehead atoms. The number of allylic oxidation sites excluding steroid dienone is 1. The zero-order valence-corrected chi connectivity index (χ0v) is 10.6. The molecule has 0 amide bonds. The van der Waals surface area contributed by atoms with E-state index in [4.69, 9.17) is 0 Å². The van der Waals surface area contributed by atoms with E-state index < -0.39 is 12.4 Å². The molecule has 1 rings (SSSR count). The summed E-state index contributed by atoms with van der Waals surface area (Å²) in [5, 5.41) is 3.16. The Balaban J connectivity index is 2.26. The van der Waals surface area contributed by atoms with E-state index >= 15 is 0 Å². The van der Waals surface area contributed by atoms with Gasteiger partial charge in [0, 0.05) is 12.6 Å². The van der Waals surface area contributed by atoms with E-state index in [-0.39, 0.29) is 0 Å². The number of nitrogens with one attached hydrogen (secondary N) is 1. The lowest BCUT2D eigenvalue weighted by Crippen LogP contribution is -2.29. The summed E-state index contributed by atoms with van der Waals surface area (Å²) in [6.45, 7) is 6.48. The molecule has 1 aliphatic rings. The number of rotatable bonds is 8. The van der Waals surface area contributed by atoms with Crippen LogP contribution in [0.5, 0.6) is 0 Å². The zero-order chi connectivity index (χ0) is 12.9. The summed E-state index contributed by atoms with van der Waals surface area (Å²) in [6, 6.07) is 0.454. The first-order chi connectivity index (χ1) is 7.94. The molecule has 0 aromatic heterocycles. The van der Waals surface area contributed by atoms with Crippen molar-refractivity contribution in [1.29, 1.82) is 0 Å². The topological polar surface area (TPSA) is 40.4 Å². The fraction of sp³-hybridized carbons (Fsp3) is 0.833. The van der Waals surface area contributed by atoms with Crippen LogP contribution in [0.15, 0.2) is 12.3 Å². The second-order valence-electron chi connectivity index (χ2n) is 4.52. The van der Waals surface area contributed by atoms with E-state index in [9.17, 15) is 8.78 Å². The molecule has 3 unspecified atom stereocenters. The van der Waals surface area contributed by atoms with Gasteiger partial charge in [0.25, 0.3) is 0 Å². The van der Waals surface area contributed by atoms with Gasteiger partial charge in [-0.05, 0) is 31.8 Å². The third kappa shape index (κ3) is 5.98. The van der Waals surface area contributed by atoms with Crippen LogP contribution in [0.25, 0.3) is 0 Å². The first-order valence-electron chi connectivity index (χ1n) is 6.06. The van der Waals surface area contributed by atoms with E-state index in [1.54, 1.807) is 6.92 Å². The van der Waals surface area contributed by atoms with Crippen LogP contribution in [0, 0.1) is 5.92 Å². The van der Waals surface area contributed by atoms with Crippen LogP contribution in [0.3, 0.4) is 0 Å². The number of halogens is 2. The van der Waals surface area contributed by atoms with E-state index in [1.165, 1.54) is 6.08 Å². The van der Waals surface area contributed by atoms with Crippen LogP contribution < -0.4 is 5.32 Å². The van der Waals surface area contributed by atoms with Crippen LogP contribution in [0.2, 0.25) is 0 Å². The lowest BCUT2D eigenvalue weighted by molar-refractivity contribution is -0.386. The van der Waals surface area contributed by atoms with Crippen molar-refractivity contribution in [3.8, 4) is 0 Å². The van der Waals surface area contributed by atoms with Gasteiger partial charge in [-0.1, -0.05) is 13.8 Å². The summed E-state index contributed by atoms with van der Waals surface area (Å²) < 4.78 is 35.2. The minimum atomic E-state index is -3.54. The summed E-state index contributed by atoms with van der Waals surface area (Å²) in [6.07, 6.45) is -0.333. The maximum absolute atomic E-state index is 13.2. The molecule has 1 aliphatic heterocycles. The van der Waals surface area contributed by atoms with Gasteiger partial charge in [-0.25, -0.2) is 0 Å². The summed E-state index contributed by atoms with van der Waals surface area (Å²) >= 11 is 0. The number of alkyl halides is 2. The SMILES string of the molecule is CC/C=C/OC(F)(F)OC(C)CC(C)C1CN1. The molecule has 1 heterocycles. The number of ether oxygens (including phenoxy) is 2. The smallest absolute Gasteiger partial charge is 0.418 e. The highest BCUT2D eigenvalue weighted by Crippen LogP contribution is 2.25. The molecule has 0 aromatic rings. The largest absolute Gasteiger partial charge is 0.534 e. The van der Waals surface area contributed by atoms with Gasteiger partial charge >= 0.3 is 6.29 Å². The molecule has 5 heteroatoms. The Labute approximate surface area is 101 Å². The predicted octanol–water partition coefficient (Wildman–Crippen LogP) is 2.88. The fourth-order valence-electron chi connectivity index (χ4n) is 1.69. The van der Waals surface area contributed by atoms with Crippen LogP contribution in [0.1, 0.15) is 33.6 Å². The highest BCUT2D eigenvalue weighted by atomic mass is 19.3. The van der Waals surface area contributed by atoms with Gasteiger partial charge in [-0.3, -0.25) is 4.74 Å². The van der Waals surface area contributed by atoms with Crippen molar-refractivity contribution in [2.75, 3.05) is 6.54 Å². The highest BCUT2D eigenvalue weighted by Gasteiger charge is 2.36. The van der Waals surface area contributed by atoms with Gasteiger partial charge in [-0.15, -0.1) is 8.78 Å². The van der Waals surface area contributed by atoms with Crippen molar-refractivity contribution in [2.24, 2.45) is 5.92 Å². The van der Waals surface area contributed by atoms with Crippen LogP contribution in [-0.4, -0.2) is 25.0 Å². The molecule has 3 nitrogen and oxygen atoms in total. The molecule has 0 saturated carbocycles. The van der Waals surface area contributed by atoms with Crippen LogP contribution in [0.4, 0.5) is 8.78 Å². The third-order valence-electron chi connectivity index (χ3n) is 2.71. The molecule has 100 valence electrons. The Morgan fingerprint density at radius 2 is 2.12 bits per heavy atom. The zero-order valence-electron chi connectivity index (χ0n) is 10.6. The van der Waals surface area contributed by atoms with E-state index in [0.717, 1.165) is 12.8 Å². The molecule has 3 atom stereocenters. The molecule has 17 heavy (non-hydrogen) atoms. The Morgan fingerprint density at radius 1 is 1.47 bits per heavy atom. The van der Waals surface area contributed by atoms with E-state index in [1.807, 2.05) is 13.8 Å². The lowest BCUT2D eigenvalue weighted by atomic mass is 10.0. The lowest BCUT2D eigenvalue weighted by Gasteiger charge is -2.22. The van der Waals surface area contributed by atoms with Gasteiger partial charge in [0.1, 0.15) is 0 Å². The Hall–Kier alpha value is -0.680. The Morgan fingerprint density at radius 3 is 2.65 bits per heavy atom. The van der Waals surface area contributed by atoms with Crippen molar-refractivity contribution in [3.05, 3.63) is 12.3 Å². The standard InChI is InChI=1S/C12H21F2NO2/c1-4-5-6-16-12(13,14)17-10(3)7-9(2)11-8-15-11/h5-6,9-11,15H,4,7-8H2,1-3H3/b6-5+. The second-order valence-corrected chi connectivity index (χ2v) is 4.52. The molecule has 1 fully saturated rings. The average Bonchev–Trinajstić information content (AvgIpc) is 2.99. The molecule has 0 aromatic carbocycles. The minimum absolute atomic E-state index is 0.340. The summed E-state index contributed by atoms with van der Waals surface area (Å²) in [5.74, 6) is 0.340. The quantitative estimate of drug-likeness (QED) is 0.408. The van der Waals surface area contributed by atoms with Crippen LogP contribution in [-0.2, 0) is 9.47 Å². The maximum atomic E-state index is 13.2. The summed E-state index contributed by atoms with van der Waals surface area (Å²) in [4.78, 5) is 0. The molecule has 1 N–H and O–H groups in total.